The molecule has 0 saturated heterocycles. The van der Waals surface area contributed by atoms with Crippen molar-refractivity contribution in [2.24, 2.45) is 10.2 Å². The highest BCUT2D eigenvalue weighted by Gasteiger charge is 2.24. The second kappa shape index (κ2) is 10.9. The molecule has 2 aromatic carbocycles. The zero-order valence-corrected chi connectivity index (χ0v) is 20.4. The van der Waals surface area contributed by atoms with Gasteiger partial charge in [0, 0.05) is 17.2 Å². The molecule has 0 aliphatic carbocycles. The molecule has 0 aromatic heterocycles. The average Bonchev–Trinajstić information content (AvgIpc) is 2.73. The maximum Gasteiger partial charge on any atom is 0.296 e. The van der Waals surface area contributed by atoms with Gasteiger partial charge in [0.15, 0.2) is 17.6 Å². The summed E-state index contributed by atoms with van der Waals surface area (Å²) in [5.74, 6) is -0.613. The Balaban J connectivity index is 2.31. The van der Waals surface area contributed by atoms with Gasteiger partial charge in [-0.05, 0) is 31.5 Å². The van der Waals surface area contributed by atoms with Crippen LogP contribution in [0.15, 0.2) is 39.4 Å². The first-order valence-electron chi connectivity index (χ1n) is 9.26. The molecule has 13 heteroatoms. The minimum atomic E-state index is -4.66. The molecule has 2 N–H and O–H groups in total. The quantitative estimate of drug-likeness (QED) is 0.269. The van der Waals surface area contributed by atoms with Crippen molar-refractivity contribution in [3.8, 4) is 11.5 Å². The fraction of sp³-hybridized carbons (Fsp3) is 0.300. The molecule has 10 nitrogen and oxygen atoms in total. The molecule has 1 unspecified atom stereocenters. The number of Topliss-reactive ketones (excluding diaryl/α,β-unsaturated/α-hetero) is 2. The van der Waals surface area contributed by atoms with Gasteiger partial charge in [-0.1, -0.05) is 23.2 Å². The van der Waals surface area contributed by atoms with Crippen LogP contribution in [0, 0.1) is 6.92 Å². The SMILES string of the molecule is COc1cc(NCC(=O)C(N=Nc2cc(Cl)c(C)cc2S(=O)(=O)O)C(C)=O)c(OC)cc1Cl. The smallest absolute Gasteiger partial charge is 0.296 e. The van der Waals surface area contributed by atoms with Crippen molar-refractivity contribution in [1.29, 1.82) is 0 Å². The number of hydrogen-bond donors (Lipinski definition) is 2. The summed E-state index contributed by atoms with van der Waals surface area (Å²) < 4.78 is 43.1. The van der Waals surface area contributed by atoms with Crippen LogP contribution in [0.1, 0.15) is 12.5 Å². The van der Waals surface area contributed by atoms with Crippen LogP contribution in [-0.2, 0) is 19.7 Å². The molecule has 0 bridgehead atoms. The van der Waals surface area contributed by atoms with E-state index in [0.717, 1.165) is 19.1 Å². The Bertz CT molecular complexity index is 1220. The highest BCUT2D eigenvalue weighted by atomic mass is 35.5. The number of ether oxygens (including phenoxy) is 2. The minimum absolute atomic E-state index is 0.160. The summed E-state index contributed by atoms with van der Waals surface area (Å²) >= 11 is 12.1. The lowest BCUT2D eigenvalue weighted by Crippen LogP contribution is -2.31. The van der Waals surface area contributed by atoms with Crippen molar-refractivity contribution in [3.05, 3.63) is 39.9 Å². The molecule has 33 heavy (non-hydrogen) atoms. The Kier molecular flexibility index (Phi) is 8.78. The number of halogens is 2. The van der Waals surface area contributed by atoms with Crippen molar-refractivity contribution >= 4 is 56.3 Å². The van der Waals surface area contributed by atoms with Gasteiger partial charge in [0.05, 0.1) is 31.5 Å². The first kappa shape index (κ1) is 26.5. The summed E-state index contributed by atoms with van der Waals surface area (Å²) in [4.78, 5) is 24.1. The van der Waals surface area contributed by atoms with E-state index in [0.29, 0.717) is 27.8 Å². The number of rotatable bonds is 10. The van der Waals surface area contributed by atoms with Gasteiger partial charge >= 0.3 is 0 Å². The summed E-state index contributed by atoms with van der Waals surface area (Å²) in [5, 5.41) is 10.7. The number of nitrogens with zero attached hydrogens (tertiary/aromatic N) is 2. The Morgan fingerprint density at radius 2 is 1.73 bits per heavy atom. The molecule has 0 aliphatic heterocycles. The number of aryl methyl sites for hydroxylation is 1. The molecule has 0 saturated carbocycles. The van der Waals surface area contributed by atoms with Gasteiger partial charge in [0.25, 0.3) is 10.1 Å². The number of anilines is 1. The topological polar surface area (TPSA) is 144 Å². The second-order valence-electron chi connectivity index (χ2n) is 6.78. The number of hydrogen-bond acceptors (Lipinski definition) is 9. The monoisotopic (exact) mass is 517 g/mol. The average molecular weight is 518 g/mol. The van der Waals surface area contributed by atoms with Crippen LogP contribution < -0.4 is 14.8 Å². The predicted octanol–water partition coefficient (Wildman–Crippen LogP) is 4.29. The van der Waals surface area contributed by atoms with E-state index in [-0.39, 0.29) is 17.3 Å². The van der Waals surface area contributed by atoms with E-state index >= 15 is 0 Å². The van der Waals surface area contributed by atoms with Gasteiger partial charge < -0.3 is 14.8 Å². The molecule has 2 rings (SSSR count). The second-order valence-corrected chi connectivity index (χ2v) is 8.98. The number of benzene rings is 2. The number of carbonyl (C=O) groups is 2. The number of azo groups is 1. The first-order valence-corrected chi connectivity index (χ1v) is 11.5. The van der Waals surface area contributed by atoms with Crippen molar-refractivity contribution in [3.63, 3.8) is 0 Å². The number of ketones is 2. The highest BCUT2D eigenvalue weighted by molar-refractivity contribution is 7.86. The zero-order chi connectivity index (χ0) is 24.9. The van der Waals surface area contributed by atoms with Crippen molar-refractivity contribution < 1.29 is 32.0 Å². The number of nitrogens with one attached hydrogen (secondary N) is 1. The number of carbonyl (C=O) groups excluding carboxylic acids is 2. The Morgan fingerprint density at radius 1 is 1.09 bits per heavy atom. The van der Waals surface area contributed by atoms with E-state index in [4.69, 9.17) is 32.7 Å². The molecular formula is C20H21Cl2N3O7S. The normalized spacial score (nSPS) is 12.5. The molecule has 0 aliphatic rings. The Hall–Kier alpha value is -2.73. The van der Waals surface area contributed by atoms with Gasteiger partial charge in [0.2, 0.25) is 0 Å². The summed E-state index contributed by atoms with van der Waals surface area (Å²) in [7, 11) is -1.82. The van der Waals surface area contributed by atoms with E-state index in [1.165, 1.54) is 33.3 Å². The van der Waals surface area contributed by atoms with Crippen LogP contribution in [0.3, 0.4) is 0 Å². The minimum Gasteiger partial charge on any atom is -0.495 e. The standard InChI is InChI=1S/C20H21Cl2N3O7S/c1-10-5-19(33(28,29)30)15(6-12(10)21)24-25-20(11(2)26)16(27)9-23-14-8-17(31-3)13(22)7-18(14)32-4/h5-8,20,23H,9H2,1-4H3,(H,28,29,30). The molecule has 178 valence electrons. The molecule has 0 amide bonds. The Morgan fingerprint density at radius 3 is 2.27 bits per heavy atom. The third-order valence-corrected chi connectivity index (χ3v) is 6.00. The predicted molar refractivity (Wildman–Crippen MR) is 123 cm³/mol. The van der Waals surface area contributed by atoms with Crippen molar-refractivity contribution in [2.45, 2.75) is 24.8 Å². The van der Waals surface area contributed by atoms with Gasteiger partial charge in [0.1, 0.15) is 22.1 Å². The summed E-state index contributed by atoms with van der Waals surface area (Å²) in [5.41, 5.74) is 0.438. The zero-order valence-electron chi connectivity index (χ0n) is 18.0. The van der Waals surface area contributed by atoms with E-state index in [1.807, 2.05) is 0 Å². The molecule has 0 heterocycles. The van der Waals surface area contributed by atoms with Crippen molar-refractivity contribution in [2.75, 3.05) is 26.1 Å². The van der Waals surface area contributed by atoms with Crippen molar-refractivity contribution in [1.82, 2.24) is 0 Å². The van der Waals surface area contributed by atoms with Crippen LogP contribution >= 0.6 is 23.2 Å². The largest absolute Gasteiger partial charge is 0.495 e. The van der Waals surface area contributed by atoms with E-state index < -0.39 is 32.6 Å². The summed E-state index contributed by atoms with van der Waals surface area (Å²) in [6.07, 6.45) is 0. The molecule has 0 spiro atoms. The fourth-order valence-electron chi connectivity index (χ4n) is 2.70. The first-order chi connectivity index (χ1) is 15.4. The molecule has 2 aromatic rings. The van der Waals surface area contributed by atoms with Gasteiger partial charge in [-0.3, -0.25) is 14.1 Å². The van der Waals surface area contributed by atoms with Gasteiger partial charge in [-0.2, -0.15) is 18.6 Å². The van der Waals surface area contributed by atoms with Crippen LogP contribution in [0.4, 0.5) is 11.4 Å². The van der Waals surface area contributed by atoms with Crippen LogP contribution in [0.5, 0.6) is 11.5 Å². The third kappa shape index (κ3) is 6.64. The van der Waals surface area contributed by atoms with Crippen LogP contribution in [0.25, 0.3) is 0 Å². The number of methoxy groups -OCH3 is 2. The molecule has 1 atom stereocenters. The third-order valence-electron chi connectivity index (χ3n) is 4.42. The Labute approximate surface area is 200 Å². The van der Waals surface area contributed by atoms with Gasteiger partial charge in [-0.25, -0.2) is 0 Å². The fourth-order valence-corrected chi connectivity index (χ4v) is 3.78. The van der Waals surface area contributed by atoms with E-state index in [9.17, 15) is 22.6 Å². The molecule has 0 radical (unpaired) electrons. The van der Waals surface area contributed by atoms with Gasteiger partial charge in [-0.15, -0.1) is 0 Å². The lowest BCUT2D eigenvalue weighted by atomic mass is 10.1. The summed E-state index contributed by atoms with van der Waals surface area (Å²) in [6.45, 7) is 2.33. The lowest BCUT2D eigenvalue weighted by molar-refractivity contribution is -0.126. The summed E-state index contributed by atoms with van der Waals surface area (Å²) in [6, 6.07) is 3.75. The van der Waals surface area contributed by atoms with E-state index in [1.54, 1.807) is 0 Å². The lowest BCUT2D eigenvalue weighted by Gasteiger charge is -2.14. The molecule has 0 fully saturated rings. The van der Waals surface area contributed by atoms with Crippen LogP contribution in [-0.4, -0.2) is 51.3 Å². The maximum absolute atomic E-state index is 12.7. The van der Waals surface area contributed by atoms with E-state index in [2.05, 4.69) is 15.5 Å². The maximum atomic E-state index is 12.7. The van der Waals surface area contributed by atoms with Crippen LogP contribution in [0.2, 0.25) is 10.0 Å². The highest BCUT2D eigenvalue weighted by Crippen LogP contribution is 2.36. The molecular weight excluding hydrogens is 497 g/mol.